The smallest absolute Gasteiger partial charge is 0.342 e. The Balaban J connectivity index is 2.50. The second-order valence-corrected chi connectivity index (χ2v) is 5.41. The minimum absolute atomic E-state index is 0.147. The minimum Gasteiger partial charge on any atom is -0.459 e. The highest BCUT2D eigenvalue weighted by molar-refractivity contribution is 7.14. The first kappa shape index (κ1) is 14.5. The highest BCUT2D eigenvalue weighted by Crippen LogP contribution is 2.35. The Kier molecular flexibility index (Phi) is 4.04. The van der Waals surface area contributed by atoms with Crippen molar-refractivity contribution in [2.24, 2.45) is 0 Å². The zero-order valence-corrected chi connectivity index (χ0v) is 11.8. The number of halogens is 2. The largest absolute Gasteiger partial charge is 0.459 e. The van der Waals surface area contributed by atoms with Crippen LogP contribution in [0.1, 0.15) is 24.2 Å². The molecule has 6 heteroatoms. The van der Waals surface area contributed by atoms with E-state index in [0.717, 1.165) is 29.5 Å². The van der Waals surface area contributed by atoms with E-state index < -0.39 is 17.6 Å². The number of carbonyl (C=O) groups is 1. The number of thiophene rings is 1. The van der Waals surface area contributed by atoms with Gasteiger partial charge in [-0.2, -0.15) is 0 Å². The van der Waals surface area contributed by atoms with Crippen LogP contribution in [0.5, 0.6) is 0 Å². The van der Waals surface area contributed by atoms with Gasteiger partial charge in [-0.1, -0.05) is 0 Å². The van der Waals surface area contributed by atoms with Gasteiger partial charge in [0.2, 0.25) is 0 Å². The van der Waals surface area contributed by atoms with Crippen LogP contribution in [-0.4, -0.2) is 12.1 Å². The lowest BCUT2D eigenvalue weighted by Gasteiger charge is -2.10. The molecule has 0 unspecified atom stereocenters. The minimum atomic E-state index is -0.715. The molecule has 1 aromatic heterocycles. The molecule has 106 valence electrons. The van der Waals surface area contributed by atoms with Gasteiger partial charge >= 0.3 is 5.97 Å². The van der Waals surface area contributed by atoms with Crippen molar-refractivity contribution in [1.29, 1.82) is 0 Å². The van der Waals surface area contributed by atoms with Crippen molar-refractivity contribution in [1.82, 2.24) is 0 Å². The molecule has 0 saturated heterocycles. The average Bonchev–Trinajstić information content (AvgIpc) is 2.68. The zero-order chi connectivity index (χ0) is 14.9. The van der Waals surface area contributed by atoms with Crippen LogP contribution in [0.25, 0.3) is 11.1 Å². The predicted octanol–water partition coefficient (Wildman–Crippen LogP) is 3.84. The first-order valence-corrected chi connectivity index (χ1v) is 6.81. The topological polar surface area (TPSA) is 52.3 Å². The van der Waals surface area contributed by atoms with Crippen LogP contribution in [0, 0.1) is 11.6 Å². The number of hydrogen-bond donors (Lipinski definition) is 1. The van der Waals surface area contributed by atoms with Gasteiger partial charge in [0.1, 0.15) is 22.2 Å². The molecule has 0 aliphatic carbocycles. The summed E-state index contributed by atoms with van der Waals surface area (Å²) in [6.07, 6.45) is -0.307. The van der Waals surface area contributed by atoms with Crippen molar-refractivity contribution in [2.45, 2.75) is 20.0 Å². The summed E-state index contributed by atoms with van der Waals surface area (Å²) in [7, 11) is 0. The van der Waals surface area contributed by atoms with E-state index in [1.807, 2.05) is 0 Å². The predicted molar refractivity (Wildman–Crippen MR) is 74.6 cm³/mol. The van der Waals surface area contributed by atoms with Gasteiger partial charge in [-0.05, 0) is 31.5 Å². The van der Waals surface area contributed by atoms with E-state index >= 15 is 0 Å². The van der Waals surface area contributed by atoms with Crippen molar-refractivity contribution in [2.75, 3.05) is 5.73 Å². The molecule has 1 aromatic carbocycles. The Morgan fingerprint density at radius 2 is 1.85 bits per heavy atom. The molecule has 2 N–H and O–H groups in total. The van der Waals surface area contributed by atoms with Crippen molar-refractivity contribution in [3.05, 3.63) is 40.8 Å². The Bertz CT molecular complexity index is 632. The Hall–Kier alpha value is -1.95. The third-order valence-electron chi connectivity index (χ3n) is 2.54. The van der Waals surface area contributed by atoms with Gasteiger partial charge in [0.15, 0.2) is 0 Å². The summed E-state index contributed by atoms with van der Waals surface area (Å²) in [5, 5.41) is 1.84. The molecule has 0 aliphatic rings. The van der Waals surface area contributed by atoms with Gasteiger partial charge in [0, 0.05) is 17.0 Å². The number of carbonyl (C=O) groups excluding carboxylic acids is 1. The summed E-state index contributed by atoms with van der Waals surface area (Å²) < 4.78 is 31.7. The molecule has 0 saturated carbocycles. The molecule has 20 heavy (non-hydrogen) atoms. The molecule has 0 aliphatic heterocycles. The lowest BCUT2D eigenvalue weighted by Crippen LogP contribution is -2.13. The molecule has 0 fully saturated rings. The molecular formula is C14H13F2NO2S. The summed E-state index contributed by atoms with van der Waals surface area (Å²) >= 11 is 1.13. The number of ether oxygens (including phenoxy) is 1. The maximum absolute atomic E-state index is 13.3. The summed E-state index contributed by atoms with van der Waals surface area (Å²) in [5.41, 5.74) is 6.54. The maximum Gasteiger partial charge on any atom is 0.342 e. The molecule has 2 rings (SSSR count). The van der Waals surface area contributed by atoms with Crippen molar-refractivity contribution < 1.29 is 18.3 Å². The van der Waals surface area contributed by atoms with Crippen LogP contribution in [0.3, 0.4) is 0 Å². The number of rotatable bonds is 3. The highest BCUT2D eigenvalue weighted by Gasteiger charge is 2.21. The van der Waals surface area contributed by atoms with Gasteiger partial charge in [0.25, 0.3) is 0 Å². The standard InChI is InChI=1S/C14H13F2NO2S/c1-7(2)19-14(18)12-11(6-20-13(12)17)8-3-9(15)5-10(16)4-8/h3-7H,17H2,1-2H3. The summed E-state index contributed by atoms with van der Waals surface area (Å²) in [6.45, 7) is 3.42. The van der Waals surface area contributed by atoms with E-state index in [4.69, 9.17) is 10.5 Å². The number of nitrogens with two attached hydrogens (primary N) is 1. The summed E-state index contributed by atoms with van der Waals surface area (Å²) in [4.78, 5) is 12.0. The molecule has 1 heterocycles. The number of nitrogen functional groups attached to an aromatic ring is 1. The van der Waals surface area contributed by atoms with Gasteiger partial charge in [-0.3, -0.25) is 0 Å². The van der Waals surface area contributed by atoms with Gasteiger partial charge < -0.3 is 10.5 Å². The second-order valence-electron chi connectivity index (χ2n) is 4.50. The number of hydrogen-bond acceptors (Lipinski definition) is 4. The normalized spacial score (nSPS) is 10.8. The number of benzene rings is 1. The SMILES string of the molecule is CC(C)OC(=O)c1c(-c2cc(F)cc(F)c2)csc1N. The molecule has 3 nitrogen and oxygen atoms in total. The van der Waals surface area contributed by atoms with Gasteiger partial charge in [-0.25, -0.2) is 13.6 Å². The fourth-order valence-corrected chi connectivity index (χ4v) is 2.59. The third kappa shape index (κ3) is 2.96. The lowest BCUT2D eigenvalue weighted by molar-refractivity contribution is 0.0380. The number of anilines is 1. The Morgan fingerprint density at radius 3 is 2.40 bits per heavy atom. The lowest BCUT2D eigenvalue weighted by atomic mass is 10.0. The zero-order valence-electron chi connectivity index (χ0n) is 10.9. The van der Waals surface area contributed by atoms with Crippen LogP contribution < -0.4 is 5.73 Å². The van der Waals surface area contributed by atoms with E-state index in [1.54, 1.807) is 19.2 Å². The van der Waals surface area contributed by atoms with Crippen molar-refractivity contribution >= 4 is 22.3 Å². The Labute approximate surface area is 119 Å². The fourth-order valence-electron chi connectivity index (χ4n) is 1.78. The average molecular weight is 297 g/mol. The first-order chi connectivity index (χ1) is 9.38. The quantitative estimate of drug-likeness (QED) is 0.876. The van der Waals surface area contributed by atoms with Crippen molar-refractivity contribution in [3.8, 4) is 11.1 Å². The van der Waals surface area contributed by atoms with Gasteiger partial charge in [-0.15, -0.1) is 11.3 Å². The Morgan fingerprint density at radius 1 is 1.25 bits per heavy atom. The molecule has 0 radical (unpaired) electrons. The first-order valence-electron chi connectivity index (χ1n) is 5.93. The molecular weight excluding hydrogens is 284 g/mol. The highest BCUT2D eigenvalue weighted by atomic mass is 32.1. The van der Waals surface area contributed by atoms with E-state index in [-0.39, 0.29) is 22.2 Å². The van der Waals surface area contributed by atoms with E-state index in [0.29, 0.717) is 5.56 Å². The summed E-state index contributed by atoms with van der Waals surface area (Å²) in [5.74, 6) is -2.03. The molecule has 2 aromatic rings. The molecule has 0 atom stereocenters. The number of esters is 1. The van der Waals surface area contributed by atoms with Gasteiger partial charge in [0.05, 0.1) is 6.10 Å². The fraction of sp³-hybridized carbons (Fsp3) is 0.214. The van der Waals surface area contributed by atoms with Crippen LogP contribution in [0.15, 0.2) is 23.6 Å². The van der Waals surface area contributed by atoms with E-state index in [9.17, 15) is 13.6 Å². The summed E-state index contributed by atoms with van der Waals surface area (Å²) in [6, 6.07) is 3.07. The molecule has 0 amide bonds. The van der Waals surface area contributed by atoms with Crippen LogP contribution >= 0.6 is 11.3 Å². The van der Waals surface area contributed by atoms with Crippen LogP contribution in [0.2, 0.25) is 0 Å². The second kappa shape index (κ2) is 5.58. The van der Waals surface area contributed by atoms with Crippen LogP contribution in [0.4, 0.5) is 13.8 Å². The maximum atomic E-state index is 13.3. The van der Waals surface area contributed by atoms with Crippen LogP contribution in [-0.2, 0) is 4.74 Å². The molecule has 0 spiro atoms. The molecule has 0 bridgehead atoms. The van der Waals surface area contributed by atoms with E-state index in [1.165, 1.54) is 0 Å². The van der Waals surface area contributed by atoms with Crippen molar-refractivity contribution in [3.63, 3.8) is 0 Å². The van der Waals surface area contributed by atoms with E-state index in [2.05, 4.69) is 0 Å². The third-order valence-corrected chi connectivity index (χ3v) is 3.35. The monoisotopic (exact) mass is 297 g/mol.